The van der Waals surface area contributed by atoms with Gasteiger partial charge in [0.05, 0.1) is 24.9 Å². The summed E-state index contributed by atoms with van der Waals surface area (Å²) in [4.78, 5) is 14.2. The van der Waals surface area contributed by atoms with Crippen molar-refractivity contribution in [1.82, 2.24) is 4.90 Å². The molecular formula is C14H16BrFN2O2. The molecule has 1 saturated carbocycles. The van der Waals surface area contributed by atoms with E-state index < -0.39 is 0 Å². The average molecular weight is 343 g/mol. The molecular weight excluding hydrogens is 327 g/mol. The van der Waals surface area contributed by atoms with Gasteiger partial charge in [0.15, 0.2) is 0 Å². The van der Waals surface area contributed by atoms with Crippen molar-refractivity contribution >= 4 is 27.6 Å². The summed E-state index contributed by atoms with van der Waals surface area (Å²) in [5.74, 6) is 0.182. The van der Waals surface area contributed by atoms with E-state index in [0.717, 1.165) is 12.8 Å². The summed E-state index contributed by atoms with van der Waals surface area (Å²) in [5, 5.41) is 2.78. The number of halogens is 2. The van der Waals surface area contributed by atoms with Crippen molar-refractivity contribution in [1.29, 1.82) is 0 Å². The Balaban J connectivity index is 1.72. The van der Waals surface area contributed by atoms with Crippen LogP contribution in [0.3, 0.4) is 0 Å². The van der Waals surface area contributed by atoms with Crippen molar-refractivity contribution in [3.8, 4) is 0 Å². The standard InChI is InChI=1S/C14H16BrFN2O2/c15-11-4-3-10(16)7-12(11)17-14(19)18-5-6-20-8-13(18)9-1-2-9/h3-4,7,9,13H,1-2,5-6,8H2,(H,17,19). The van der Waals surface area contributed by atoms with Gasteiger partial charge in [0.2, 0.25) is 0 Å². The van der Waals surface area contributed by atoms with Gasteiger partial charge in [0, 0.05) is 11.0 Å². The fourth-order valence-electron chi connectivity index (χ4n) is 2.53. The molecule has 1 aliphatic carbocycles. The summed E-state index contributed by atoms with van der Waals surface area (Å²) in [5.41, 5.74) is 0.455. The van der Waals surface area contributed by atoms with Crippen molar-refractivity contribution in [3.63, 3.8) is 0 Å². The number of carbonyl (C=O) groups excluding carboxylic acids is 1. The van der Waals surface area contributed by atoms with Gasteiger partial charge < -0.3 is 15.0 Å². The van der Waals surface area contributed by atoms with E-state index in [1.807, 2.05) is 4.90 Å². The Bertz CT molecular complexity index is 522. The number of nitrogens with zero attached hydrogens (tertiary/aromatic N) is 1. The van der Waals surface area contributed by atoms with E-state index in [9.17, 15) is 9.18 Å². The van der Waals surface area contributed by atoms with Crippen molar-refractivity contribution in [2.75, 3.05) is 25.1 Å². The molecule has 1 heterocycles. The molecule has 1 unspecified atom stereocenters. The molecule has 1 atom stereocenters. The Hall–Kier alpha value is -1.14. The number of ether oxygens (including phenoxy) is 1. The maximum absolute atomic E-state index is 13.2. The normalized spacial score (nSPS) is 22.7. The first-order chi connectivity index (χ1) is 9.65. The van der Waals surface area contributed by atoms with Crippen LogP contribution in [0, 0.1) is 11.7 Å². The zero-order valence-electron chi connectivity index (χ0n) is 10.9. The quantitative estimate of drug-likeness (QED) is 0.896. The topological polar surface area (TPSA) is 41.6 Å². The number of hydrogen-bond donors (Lipinski definition) is 1. The third kappa shape index (κ3) is 2.96. The van der Waals surface area contributed by atoms with Crippen LogP contribution in [0.15, 0.2) is 22.7 Å². The number of benzene rings is 1. The summed E-state index contributed by atoms with van der Waals surface area (Å²) in [6.07, 6.45) is 2.31. The first kappa shape index (κ1) is 13.8. The summed E-state index contributed by atoms with van der Waals surface area (Å²) in [6.45, 7) is 1.74. The molecule has 0 aromatic heterocycles. The second-order valence-electron chi connectivity index (χ2n) is 5.23. The maximum atomic E-state index is 13.2. The molecule has 6 heteroatoms. The number of hydrogen-bond acceptors (Lipinski definition) is 2. The highest BCUT2D eigenvalue weighted by molar-refractivity contribution is 9.10. The van der Waals surface area contributed by atoms with Crippen LogP contribution < -0.4 is 5.32 Å². The minimum absolute atomic E-state index is 0.149. The number of anilines is 1. The third-order valence-electron chi connectivity index (χ3n) is 3.76. The molecule has 0 spiro atoms. The second-order valence-corrected chi connectivity index (χ2v) is 6.08. The molecule has 20 heavy (non-hydrogen) atoms. The predicted octanol–water partition coefficient (Wildman–Crippen LogP) is 3.23. The van der Waals surface area contributed by atoms with Gasteiger partial charge in [0.1, 0.15) is 5.82 Å². The lowest BCUT2D eigenvalue weighted by Gasteiger charge is -2.35. The maximum Gasteiger partial charge on any atom is 0.322 e. The Kier molecular flexibility index (Phi) is 3.94. The Morgan fingerprint density at radius 1 is 1.45 bits per heavy atom. The number of rotatable bonds is 2. The molecule has 2 amide bonds. The van der Waals surface area contributed by atoms with Gasteiger partial charge in [0.25, 0.3) is 0 Å². The molecule has 1 aromatic rings. The molecule has 2 fully saturated rings. The highest BCUT2D eigenvalue weighted by atomic mass is 79.9. The molecule has 2 aliphatic rings. The first-order valence-corrected chi connectivity index (χ1v) is 7.55. The van der Waals surface area contributed by atoms with Crippen molar-refractivity contribution in [2.45, 2.75) is 18.9 Å². The van der Waals surface area contributed by atoms with Crippen LogP contribution in [0.2, 0.25) is 0 Å². The average Bonchev–Trinajstić information content (AvgIpc) is 3.27. The molecule has 0 bridgehead atoms. The van der Waals surface area contributed by atoms with E-state index in [2.05, 4.69) is 21.2 Å². The number of carbonyl (C=O) groups is 1. The third-order valence-corrected chi connectivity index (χ3v) is 4.45. The van der Waals surface area contributed by atoms with Crippen molar-refractivity contribution in [2.24, 2.45) is 5.92 Å². The van der Waals surface area contributed by atoms with E-state index in [1.165, 1.54) is 12.1 Å². The number of amides is 2. The molecule has 4 nitrogen and oxygen atoms in total. The summed E-state index contributed by atoms with van der Waals surface area (Å²) >= 11 is 3.31. The number of morpholine rings is 1. The smallest absolute Gasteiger partial charge is 0.322 e. The molecule has 108 valence electrons. The van der Waals surface area contributed by atoms with Gasteiger partial charge in [-0.3, -0.25) is 0 Å². The number of urea groups is 1. The Morgan fingerprint density at radius 2 is 2.25 bits per heavy atom. The SMILES string of the molecule is O=C(Nc1cc(F)ccc1Br)N1CCOCC1C1CC1. The lowest BCUT2D eigenvalue weighted by Crippen LogP contribution is -2.51. The van der Waals surface area contributed by atoms with E-state index in [1.54, 1.807) is 6.07 Å². The van der Waals surface area contributed by atoms with Crippen LogP contribution >= 0.6 is 15.9 Å². The molecule has 1 aromatic carbocycles. The molecule has 0 radical (unpaired) electrons. The zero-order valence-corrected chi connectivity index (χ0v) is 12.5. The van der Waals surface area contributed by atoms with E-state index >= 15 is 0 Å². The minimum atomic E-state index is -0.371. The van der Waals surface area contributed by atoms with Crippen LogP contribution in [-0.4, -0.2) is 36.7 Å². The van der Waals surface area contributed by atoms with Crippen molar-refractivity contribution in [3.05, 3.63) is 28.5 Å². The lowest BCUT2D eigenvalue weighted by molar-refractivity contribution is 0.00772. The van der Waals surface area contributed by atoms with Crippen LogP contribution in [0.25, 0.3) is 0 Å². The summed E-state index contributed by atoms with van der Waals surface area (Å²) in [6, 6.07) is 4.21. The molecule has 1 N–H and O–H groups in total. The van der Waals surface area contributed by atoms with Crippen LogP contribution in [-0.2, 0) is 4.74 Å². The first-order valence-electron chi connectivity index (χ1n) is 6.75. The van der Waals surface area contributed by atoms with E-state index in [-0.39, 0.29) is 17.9 Å². The highest BCUT2D eigenvalue weighted by Crippen LogP contribution is 2.36. The monoisotopic (exact) mass is 342 g/mol. The summed E-state index contributed by atoms with van der Waals surface area (Å²) < 4.78 is 19.4. The van der Waals surface area contributed by atoms with Gasteiger partial charge in [-0.25, -0.2) is 9.18 Å². The van der Waals surface area contributed by atoms with Crippen LogP contribution in [0.5, 0.6) is 0 Å². The Labute approximate surface area is 125 Å². The lowest BCUT2D eigenvalue weighted by atomic mass is 10.1. The largest absolute Gasteiger partial charge is 0.377 e. The summed E-state index contributed by atoms with van der Waals surface area (Å²) in [7, 11) is 0. The molecule has 3 rings (SSSR count). The van der Waals surface area contributed by atoms with Gasteiger partial charge in [-0.15, -0.1) is 0 Å². The number of nitrogens with one attached hydrogen (secondary N) is 1. The van der Waals surface area contributed by atoms with E-state index in [0.29, 0.717) is 35.8 Å². The fourth-order valence-corrected chi connectivity index (χ4v) is 2.87. The van der Waals surface area contributed by atoms with Gasteiger partial charge in [-0.05, 0) is 52.9 Å². The zero-order chi connectivity index (χ0) is 14.1. The second kappa shape index (κ2) is 5.69. The van der Waals surface area contributed by atoms with Gasteiger partial charge in [-0.2, -0.15) is 0 Å². The highest BCUT2D eigenvalue weighted by Gasteiger charge is 2.39. The Morgan fingerprint density at radius 3 is 3.00 bits per heavy atom. The van der Waals surface area contributed by atoms with Crippen LogP contribution in [0.1, 0.15) is 12.8 Å². The predicted molar refractivity (Wildman–Crippen MR) is 77.2 cm³/mol. The van der Waals surface area contributed by atoms with Gasteiger partial charge in [-0.1, -0.05) is 0 Å². The molecule has 1 aliphatic heterocycles. The van der Waals surface area contributed by atoms with Crippen molar-refractivity contribution < 1.29 is 13.9 Å². The fraction of sp³-hybridized carbons (Fsp3) is 0.500. The molecule has 1 saturated heterocycles. The van der Waals surface area contributed by atoms with E-state index in [4.69, 9.17) is 4.74 Å². The van der Waals surface area contributed by atoms with Crippen LogP contribution in [0.4, 0.5) is 14.9 Å². The minimum Gasteiger partial charge on any atom is -0.377 e. The van der Waals surface area contributed by atoms with Gasteiger partial charge >= 0.3 is 6.03 Å².